The average Bonchev–Trinajstić information content (AvgIpc) is 2.93. The van der Waals surface area contributed by atoms with Crippen molar-refractivity contribution in [3.63, 3.8) is 0 Å². The second-order valence-electron chi connectivity index (χ2n) is 10.1. The van der Waals surface area contributed by atoms with Gasteiger partial charge in [-0.2, -0.15) is 4.98 Å². The van der Waals surface area contributed by atoms with Gasteiger partial charge in [-0.15, -0.1) is 0 Å². The van der Waals surface area contributed by atoms with Gasteiger partial charge in [0.25, 0.3) is 0 Å². The van der Waals surface area contributed by atoms with E-state index in [0.29, 0.717) is 18.6 Å². The van der Waals surface area contributed by atoms with Gasteiger partial charge in [-0.25, -0.2) is 4.98 Å². The lowest BCUT2D eigenvalue weighted by Gasteiger charge is -2.29. The second-order valence-corrected chi connectivity index (χ2v) is 10.1. The van der Waals surface area contributed by atoms with Gasteiger partial charge in [0.15, 0.2) is 0 Å². The lowest BCUT2D eigenvalue weighted by Crippen LogP contribution is -2.31. The molecule has 0 spiro atoms. The number of hydrogen-bond acceptors (Lipinski definition) is 6. The third-order valence-corrected chi connectivity index (χ3v) is 7.19. The number of ether oxygens (including phenoxy) is 1. The molecular formula is C31H37N5O. The summed E-state index contributed by atoms with van der Waals surface area (Å²) in [4.78, 5) is 11.7. The van der Waals surface area contributed by atoms with Crippen LogP contribution in [0.15, 0.2) is 78.9 Å². The van der Waals surface area contributed by atoms with E-state index in [-0.39, 0.29) is 0 Å². The third-order valence-electron chi connectivity index (χ3n) is 7.19. The summed E-state index contributed by atoms with van der Waals surface area (Å²) in [5.74, 6) is 3.29. The maximum Gasteiger partial charge on any atom is 0.225 e. The zero-order chi connectivity index (χ0) is 25.5. The predicted molar refractivity (Wildman–Crippen MR) is 152 cm³/mol. The first-order chi connectivity index (χ1) is 18.2. The van der Waals surface area contributed by atoms with E-state index in [4.69, 9.17) is 14.7 Å². The van der Waals surface area contributed by atoms with E-state index < -0.39 is 0 Å². The topological polar surface area (TPSA) is 62.3 Å². The molecule has 0 unspecified atom stereocenters. The van der Waals surface area contributed by atoms with Crippen LogP contribution in [-0.2, 0) is 13.2 Å². The molecule has 1 fully saturated rings. The van der Waals surface area contributed by atoms with Crippen molar-refractivity contribution in [1.82, 2.24) is 15.3 Å². The molecule has 1 aromatic heterocycles. The summed E-state index contributed by atoms with van der Waals surface area (Å²) in [6.07, 6.45) is 4.69. The first-order valence-electron chi connectivity index (χ1n) is 13.3. The van der Waals surface area contributed by atoms with E-state index in [9.17, 15) is 0 Å². The van der Waals surface area contributed by atoms with Crippen molar-refractivity contribution in [1.29, 1.82) is 0 Å². The van der Waals surface area contributed by atoms with E-state index in [2.05, 4.69) is 51.9 Å². The quantitative estimate of drug-likeness (QED) is 0.280. The highest BCUT2D eigenvalue weighted by atomic mass is 16.5. The lowest BCUT2D eigenvalue weighted by atomic mass is 9.86. The van der Waals surface area contributed by atoms with E-state index in [0.717, 1.165) is 54.3 Å². The van der Waals surface area contributed by atoms with E-state index in [1.54, 1.807) is 0 Å². The Kier molecular flexibility index (Phi) is 8.16. The van der Waals surface area contributed by atoms with Gasteiger partial charge in [0.1, 0.15) is 18.2 Å². The van der Waals surface area contributed by atoms with Crippen molar-refractivity contribution >= 4 is 22.7 Å². The van der Waals surface area contributed by atoms with Crippen LogP contribution < -0.4 is 20.3 Å². The monoisotopic (exact) mass is 495 g/mol. The molecule has 1 saturated carbocycles. The molecule has 0 aliphatic heterocycles. The Bertz CT molecular complexity index is 1290. The number of nitrogens with zero attached hydrogens (tertiary/aromatic N) is 3. The van der Waals surface area contributed by atoms with Crippen molar-refractivity contribution in [3.8, 4) is 5.75 Å². The molecule has 4 aromatic rings. The molecule has 1 aliphatic carbocycles. The molecule has 192 valence electrons. The lowest BCUT2D eigenvalue weighted by molar-refractivity contribution is 0.303. The first-order valence-corrected chi connectivity index (χ1v) is 13.3. The number of rotatable bonds is 10. The molecule has 0 saturated heterocycles. The van der Waals surface area contributed by atoms with Gasteiger partial charge in [-0.1, -0.05) is 54.6 Å². The molecule has 0 radical (unpaired) electrons. The highest BCUT2D eigenvalue weighted by Crippen LogP contribution is 2.28. The summed E-state index contributed by atoms with van der Waals surface area (Å²) in [6.45, 7) is 2.49. The largest absolute Gasteiger partial charge is 0.489 e. The maximum absolute atomic E-state index is 5.99. The minimum Gasteiger partial charge on any atom is -0.489 e. The summed E-state index contributed by atoms with van der Waals surface area (Å²) in [5.41, 5.74) is 3.52. The smallest absolute Gasteiger partial charge is 0.225 e. The van der Waals surface area contributed by atoms with Gasteiger partial charge < -0.3 is 20.3 Å². The fourth-order valence-corrected chi connectivity index (χ4v) is 5.12. The number of nitrogens with one attached hydrogen (secondary N) is 2. The van der Waals surface area contributed by atoms with Crippen molar-refractivity contribution in [2.24, 2.45) is 5.92 Å². The van der Waals surface area contributed by atoms with Gasteiger partial charge >= 0.3 is 0 Å². The van der Waals surface area contributed by atoms with Gasteiger partial charge in [0.05, 0.1) is 5.52 Å². The van der Waals surface area contributed by atoms with Crippen LogP contribution in [0, 0.1) is 5.92 Å². The SMILES string of the molecule is CN(C)c1nc(N[C@H]2CC[C@@H](CNCc3ccccc3COc3ccccc3)CC2)nc2ccccc12. The van der Waals surface area contributed by atoms with Crippen LogP contribution in [0.25, 0.3) is 10.9 Å². The van der Waals surface area contributed by atoms with Crippen molar-refractivity contribution in [2.45, 2.75) is 44.9 Å². The van der Waals surface area contributed by atoms with Crippen molar-refractivity contribution in [3.05, 3.63) is 90.0 Å². The molecule has 6 heteroatoms. The number of aromatic nitrogens is 2. The zero-order valence-electron chi connectivity index (χ0n) is 21.9. The van der Waals surface area contributed by atoms with Crippen LogP contribution >= 0.6 is 0 Å². The molecule has 2 N–H and O–H groups in total. The molecular weight excluding hydrogens is 458 g/mol. The molecule has 1 heterocycles. The van der Waals surface area contributed by atoms with Gasteiger partial charge in [-0.3, -0.25) is 0 Å². The second kappa shape index (κ2) is 12.1. The molecule has 5 rings (SSSR count). The summed E-state index contributed by atoms with van der Waals surface area (Å²) >= 11 is 0. The van der Waals surface area contributed by atoms with Gasteiger partial charge in [0.2, 0.25) is 5.95 Å². The van der Waals surface area contributed by atoms with Crippen LogP contribution in [-0.4, -0.2) is 36.6 Å². The zero-order valence-corrected chi connectivity index (χ0v) is 21.9. The molecule has 0 bridgehead atoms. The van der Waals surface area contributed by atoms with Crippen LogP contribution in [0.4, 0.5) is 11.8 Å². The minimum absolute atomic E-state index is 0.420. The van der Waals surface area contributed by atoms with E-state index >= 15 is 0 Å². The van der Waals surface area contributed by atoms with Gasteiger partial charge in [-0.05, 0) is 73.5 Å². The molecule has 3 aromatic carbocycles. The van der Waals surface area contributed by atoms with Crippen LogP contribution in [0.5, 0.6) is 5.75 Å². The Labute approximate surface area is 220 Å². The fourth-order valence-electron chi connectivity index (χ4n) is 5.12. The predicted octanol–water partition coefficient (Wildman–Crippen LogP) is 6.04. The number of benzene rings is 3. The number of hydrogen-bond donors (Lipinski definition) is 2. The molecule has 1 aliphatic rings. The molecule has 6 nitrogen and oxygen atoms in total. The number of anilines is 2. The van der Waals surface area contributed by atoms with Crippen LogP contribution in [0.2, 0.25) is 0 Å². The summed E-state index contributed by atoms with van der Waals surface area (Å²) in [7, 11) is 4.07. The highest BCUT2D eigenvalue weighted by molar-refractivity contribution is 5.90. The summed E-state index contributed by atoms with van der Waals surface area (Å²) in [6, 6.07) is 27.2. The molecule has 0 atom stereocenters. The molecule has 37 heavy (non-hydrogen) atoms. The van der Waals surface area contributed by atoms with Crippen LogP contribution in [0.3, 0.4) is 0 Å². The Hall–Kier alpha value is -3.64. The Morgan fingerprint density at radius 3 is 2.30 bits per heavy atom. The Morgan fingerprint density at radius 1 is 0.811 bits per heavy atom. The first kappa shape index (κ1) is 25.0. The third kappa shape index (κ3) is 6.57. The molecule has 0 amide bonds. The van der Waals surface area contributed by atoms with E-state index in [1.807, 2.05) is 56.6 Å². The van der Waals surface area contributed by atoms with Crippen LogP contribution in [0.1, 0.15) is 36.8 Å². The van der Waals surface area contributed by atoms with E-state index in [1.165, 1.54) is 24.0 Å². The standard InChI is InChI=1S/C31H37N5O/c1-36(2)30-28-14-8-9-15-29(28)34-31(35-30)33-26-18-16-23(17-19-26)20-32-21-24-10-6-7-11-25(24)22-37-27-12-4-3-5-13-27/h3-15,23,26,32H,16-22H2,1-2H3,(H,33,34,35)/t23-,26+. The average molecular weight is 496 g/mol. The minimum atomic E-state index is 0.420. The fraction of sp³-hybridized carbons (Fsp3) is 0.355. The van der Waals surface area contributed by atoms with Gasteiger partial charge in [0, 0.05) is 32.1 Å². The van der Waals surface area contributed by atoms with Crippen molar-refractivity contribution < 1.29 is 4.74 Å². The number of para-hydroxylation sites is 2. The summed E-state index contributed by atoms with van der Waals surface area (Å²) < 4.78 is 5.99. The number of fused-ring (bicyclic) bond motifs is 1. The normalized spacial score (nSPS) is 17.5. The summed E-state index contributed by atoms with van der Waals surface area (Å²) in [5, 5.41) is 8.42. The highest BCUT2D eigenvalue weighted by Gasteiger charge is 2.22. The van der Waals surface area contributed by atoms with Crippen molar-refractivity contribution in [2.75, 3.05) is 30.9 Å². The Morgan fingerprint density at radius 2 is 1.51 bits per heavy atom. The maximum atomic E-state index is 5.99. The Balaban J connectivity index is 1.10.